The van der Waals surface area contributed by atoms with Crippen molar-refractivity contribution in [1.29, 1.82) is 0 Å². The summed E-state index contributed by atoms with van der Waals surface area (Å²) >= 11 is 5.84. The first kappa shape index (κ1) is 11.3. The second kappa shape index (κ2) is 5.21. The number of halogens is 1. The van der Waals surface area contributed by atoms with Crippen LogP contribution in [0.4, 0.5) is 5.82 Å². The molecule has 0 atom stereocenters. The molecule has 0 unspecified atom stereocenters. The Morgan fingerprint density at radius 1 is 1.38 bits per heavy atom. The quantitative estimate of drug-likeness (QED) is 0.746. The molecule has 2 rings (SSSR count). The van der Waals surface area contributed by atoms with Crippen molar-refractivity contribution in [2.75, 3.05) is 23.9 Å². The number of imidazole rings is 1. The molecule has 0 N–H and O–H groups in total. The lowest BCUT2D eigenvalue weighted by Crippen LogP contribution is -2.27. The number of aromatic nitrogens is 2. The largest absolute Gasteiger partial charge is 0.357 e. The molecule has 2 heterocycles. The van der Waals surface area contributed by atoms with Gasteiger partial charge in [0.25, 0.3) is 0 Å². The predicted octanol–water partition coefficient (Wildman–Crippen LogP) is 2.79. The van der Waals surface area contributed by atoms with E-state index in [2.05, 4.69) is 27.3 Å². The molecule has 0 aliphatic carbocycles. The molecule has 4 heteroatoms. The van der Waals surface area contributed by atoms with Gasteiger partial charge in [0, 0.05) is 31.4 Å². The number of fused-ring (bicyclic) bond motifs is 1. The fourth-order valence-electron chi connectivity index (χ4n) is 1.90. The Morgan fingerprint density at radius 2 is 2.25 bits per heavy atom. The van der Waals surface area contributed by atoms with Crippen LogP contribution in [0.25, 0.3) is 5.65 Å². The maximum atomic E-state index is 5.84. The summed E-state index contributed by atoms with van der Waals surface area (Å²) in [4.78, 5) is 6.58. The van der Waals surface area contributed by atoms with E-state index in [1.165, 1.54) is 0 Å². The fraction of sp³-hybridized carbons (Fsp3) is 0.417. The minimum atomic E-state index is 0.644. The first-order chi connectivity index (χ1) is 7.86. The average Bonchev–Trinajstić information content (AvgIpc) is 2.76. The zero-order valence-corrected chi connectivity index (χ0v) is 10.2. The van der Waals surface area contributed by atoms with E-state index in [4.69, 9.17) is 11.6 Å². The van der Waals surface area contributed by atoms with Crippen LogP contribution in [0.2, 0.25) is 0 Å². The van der Waals surface area contributed by atoms with Crippen molar-refractivity contribution in [3.8, 4) is 0 Å². The number of rotatable bonds is 5. The van der Waals surface area contributed by atoms with Gasteiger partial charge in [0.1, 0.15) is 11.5 Å². The molecule has 0 fully saturated rings. The molecule has 0 saturated carbocycles. The Bertz CT molecular complexity index is 446. The molecule has 0 amide bonds. The molecule has 2 aromatic rings. The summed E-state index contributed by atoms with van der Waals surface area (Å²) in [7, 11) is 0. The summed E-state index contributed by atoms with van der Waals surface area (Å²) in [5, 5.41) is 0. The highest BCUT2D eigenvalue weighted by Crippen LogP contribution is 2.16. The van der Waals surface area contributed by atoms with Gasteiger partial charge in [0.15, 0.2) is 0 Å². The Labute approximate surface area is 101 Å². The lowest BCUT2D eigenvalue weighted by Gasteiger charge is -2.24. The van der Waals surface area contributed by atoms with Gasteiger partial charge in [-0.15, -0.1) is 11.6 Å². The molecule has 86 valence electrons. The van der Waals surface area contributed by atoms with Gasteiger partial charge in [-0.3, -0.25) is 4.40 Å². The zero-order valence-electron chi connectivity index (χ0n) is 9.43. The summed E-state index contributed by atoms with van der Waals surface area (Å²) in [6.45, 7) is 4.06. The van der Waals surface area contributed by atoms with Crippen LogP contribution in [0.1, 0.15) is 13.3 Å². The minimum absolute atomic E-state index is 0.644. The first-order valence-corrected chi connectivity index (χ1v) is 6.13. The van der Waals surface area contributed by atoms with Crippen LogP contribution in [-0.4, -0.2) is 28.4 Å². The molecule has 16 heavy (non-hydrogen) atoms. The lowest BCUT2D eigenvalue weighted by atomic mass is 10.3. The van der Waals surface area contributed by atoms with Crippen LogP contribution in [0.5, 0.6) is 0 Å². The third-order valence-corrected chi connectivity index (χ3v) is 2.75. The molecule has 2 aromatic heterocycles. The first-order valence-electron chi connectivity index (χ1n) is 5.59. The second-order valence-electron chi connectivity index (χ2n) is 3.72. The minimum Gasteiger partial charge on any atom is -0.357 e. The third-order valence-electron chi connectivity index (χ3n) is 2.58. The summed E-state index contributed by atoms with van der Waals surface area (Å²) in [6, 6.07) is 6.15. The third kappa shape index (κ3) is 2.14. The van der Waals surface area contributed by atoms with Crippen LogP contribution < -0.4 is 4.90 Å². The van der Waals surface area contributed by atoms with E-state index in [-0.39, 0.29) is 0 Å². The van der Waals surface area contributed by atoms with E-state index < -0.39 is 0 Å². The van der Waals surface area contributed by atoms with Crippen LogP contribution in [0.15, 0.2) is 30.6 Å². The highest BCUT2D eigenvalue weighted by molar-refractivity contribution is 6.18. The second-order valence-corrected chi connectivity index (χ2v) is 4.09. The van der Waals surface area contributed by atoms with E-state index in [0.29, 0.717) is 5.88 Å². The standard InChI is InChI=1S/C12H16ClN3/c1-2-8-15(9-6-13)12-5-3-4-11-14-7-10-16(11)12/h3-5,7,10H,2,6,8-9H2,1H3. The van der Waals surface area contributed by atoms with Crippen LogP contribution in [0, 0.1) is 0 Å². The van der Waals surface area contributed by atoms with E-state index in [1.807, 2.05) is 24.5 Å². The SMILES string of the molecule is CCCN(CCCl)c1cccc2nccn12. The number of hydrogen-bond acceptors (Lipinski definition) is 2. The smallest absolute Gasteiger partial charge is 0.138 e. The van der Waals surface area contributed by atoms with Crippen molar-refractivity contribution < 1.29 is 0 Å². The van der Waals surface area contributed by atoms with Gasteiger partial charge in [0.2, 0.25) is 0 Å². The summed E-state index contributed by atoms with van der Waals surface area (Å²) in [6.07, 6.45) is 4.92. The van der Waals surface area contributed by atoms with Crippen LogP contribution in [0.3, 0.4) is 0 Å². The number of anilines is 1. The zero-order chi connectivity index (χ0) is 11.4. The Morgan fingerprint density at radius 3 is 3.00 bits per heavy atom. The summed E-state index contributed by atoms with van der Waals surface area (Å²) in [5.41, 5.74) is 0.980. The molecule has 0 saturated heterocycles. The monoisotopic (exact) mass is 237 g/mol. The molecule has 0 aliphatic rings. The normalized spacial score (nSPS) is 10.9. The van der Waals surface area contributed by atoms with Gasteiger partial charge in [-0.2, -0.15) is 0 Å². The van der Waals surface area contributed by atoms with Gasteiger partial charge in [-0.1, -0.05) is 13.0 Å². The van der Waals surface area contributed by atoms with E-state index in [1.54, 1.807) is 0 Å². The number of nitrogens with zero attached hydrogens (tertiary/aromatic N) is 3. The molecule has 0 aliphatic heterocycles. The van der Waals surface area contributed by atoms with Gasteiger partial charge < -0.3 is 4.90 Å². The maximum absolute atomic E-state index is 5.84. The summed E-state index contributed by atoms with van der Waals surface area (Å²) in [5.74, 6) is 1.81. The van der Waals surface area contributed by atoms with Crippen LogP contribution in [-0.2, 0) is 0 Å². The average molecular weight is 238 g/mol. The van der Waals surface area contributed by atoms with Gasteiger partial charge >= 0.3 is 0 Å². The Balaban J connectivity index is 2.38. The molecule has 0 aromatic carbocycles. The number of pyridine rings is 1. The van der Waals surface area contributed by atoms with Crippen molar-refractivity contribution >= 4 is 23.1 Å². The highest BCUT2D eigenvalue weighted by Gasteiger charge is 2.08. The lowest BCUT2D eigenvalue weighted by molar-refractivity contribution is 0.774. The van der Waals surface area contributed by atoms with Crippen molar-refractivity contribution in [3.63, 3.8) is 0 Å². The summed E-state index contributed by atoms with van der Waals surface area (Å²) < 4.78 is 2.10. The molecular formula is C12H16ClN3. The molecule has 0 spiro atoms. The molecule has 3 nitrogen and oxygen atoms in total. The van der Waals surface area contributed by atoms with Crippen molar-refractivity contribution in [1.82, 2.24) is 9.38 Å². The van der Waals surface area contributed by atoms with E-state index in [9.17, 15) is 0 Å². The van der Waals surface area contributed by atoms with Gasteiger partial charge in [-0.25, -0.2) is 4.98 Å². The van der Waals surface area contributed by atoms with Crippen molar-refractivity contribution in [3.05, 3.63) is 30.6 Å². The van der Waals surface area contributed by atoms with E-state index in [0.717, 1.165) is 31.0 Å². The fourth-order valence-corrected chi connectivity index (χ4v) is 2.11. The predicted molar refractivity (Wildman–Crippen MR) is 68.4 cm³/mol. The number of alkyl halides is 1. The molecule has 0 radical (unpaired) electrons. The van der Waals surface area contributed by atoms with E-state index >= 15 is 0 Å². The highest BCUT2D eigenvalue weighted by atomic mass is 35.5. The van der Waals surface area contributed by atoms with Gasteiger partial charge in [-0.05, 0) is 18.6 Å². The van der Waals surface area contributed by atoms with Crippen molar-refractivity contribution in [2.45, 2.75) is 13.3 Å². The molecular weight excluding hydrogens is 222 g/mol. The maximum Gasteiger partial charge on any atom is 0.138 e. The Hall–Kier alpha value is -1.22. The van der Waals surface area contributed by atoms with Crippen molar-refractivity contribution in [2.24, 2.45) is 0 Å². The number of hydrogen-bond donors (Lipinski definition) is 0. The van der Waals surface area contributed by atoms with Crippen LogP contribution >= 0.6 is 11.6 Å². The molecule has 0 bridgehead atoms. The van der Waals surface area contributed by atoms with Gasteiger partial charge in [0.05, 0.1) is 0 Å². The topological polar surface area (TPSA) is 20.5 Å². The Kier molecular flexibility index (Phi) is 3.67.